The number of aliphatic imine (C=N–C) groups is 1. The first-order valence-corrected chi connectivity index (χ1v) is 9.41. The fourth-order valence-electron chi connectivity index (χ4n) is 3.64. The Kier molecular flexibility index (Phi) is 7.56. The molecule has 0 aromatic carbocycles. The summed E-state index contributed by atoms with van der Waals surface area (Å²) in [4.78, 5) is 9.70. The van der Waals surface area contributed by atoms with Crippen molar-refractivity contribution in [3.05, 3.63) is 0 Å². The van der Waals surface area contributed by atoms with Crippen LogP contribution in [0.3, 0.4) is 0 Å². The van der Waals surface area contributed by atoms with Gasteiger partial charge >= 0.3 is 0 Å². The number of hydrogen-bond acceptors (Lipinski definition) is 4. The van der Waals surface area contributed by atoms with Gasteiger partial charge in [-0.05, 0) is 38.8 Å². The molecule has 0 amide bonds. The van der Waals surface area contributed by atoms with E-state index in [-0.39, 0.29) is 29.5 Å². The van der Waals surface area contributed by atoms with Gasteiger partial charge in [0.05, 0.1) is 6.54 Å². The number of nitrogens with zero attached hydrogens (tertiary/aromatic N) is 3. The van der Waals surface area contributed by atoms with Crippen LogP contribution in [0.4, 0.5) is 0 Å². The molecule has 3 saturated heterocycles. The largest absolute Gasteiger partial charge is 0.381 e. The summed E-state index contributed by atoms with van der Waals surface area (Å²) in [6.07, 6.45) is 4.84. The first-order valence-electron chi connectivity index (χ1n) is 8.26. The zero-order valence-electron chi connectivity index (χ0n) is 13.3. The number of ether oxygens (including phenoxy) is 1. The second-order valence-electron chi connectivity index (χ2n) is 6.30. The molecule has 0 aliphatic carbocycles. The van der Waals surface area contributed by atoms with E-state index in [4.69, 9.17) is 15.5 Å². The molecular formula is C15H29IN4OS. The smallest absolute Gasteiger partial charge is 0.191 e. The van der Waals surface area contributed by atoms with Gasteiger partial charge in [0.15, 0.2) is 5.96 Å². The zero-order chi connectivity index (χ0) is 14.5. The third kappa shape index (κ3) is 4.42. The summed E-state index contributed by atoms with van der Waals surface area (Å²) >= 11 is 2.00. The van der Waals surface area contributed by atoms with E-state index < -0.39 is 0 Å². The lowest BCUT2D eigenvalue weighted by Gasteiger charge is -2.43. The highest BCUT2D eigenvalue weighted by molar-refractivity contribution is 14.0. The molecule has 5 nitrogen and oxygen atoms in total. The van der Waals surface area contributed by atoms with E-state index in [0.717, 1.165) is 51.6 Å². The highest BCUT2D eigenvalue weighted by atomic mass is 127. The molecule has 128 valence electrons. The van der Waals surface area contributed by atoms with Crippen LogP contribution in [-0.4, -0.2) is 78.7 Å². The summed E-state index contributed by atoms with van der Waals surface area (Å²) in [6, 6.07) is 0. The number of guanidine groups is 1. The number of halogens is 1. The number of hydrogen-bond donors (Lipinski definition) is 1. The summed E-state index contributed by atoms with van der Waals surface area (Å²) in [5.74, 6) is 3.09. The highest BCUT2D eigenvalue weighted by Gasteiger charge is 2.39. The van der Waals surface area contributed by atoms with Crippen molar-refractivity contribution in [1.29, 1.82) is 0 Å². The van der Waals surface area contributed by atoms with Crippen molar-refractivity contribution in [1.82, 2.24) is 9.80 Å². The molecular weight excluding hydrogens is 411 g/mol. The van der Waals surface area contributed by atoms with Gasteiger partial charge in [-0.3, -0.25) is 9.89 Å². The molecule has 2 N–H and O–H groups in total. The predicted octanol–water partition coefficient (Wildman–Crippen LogP) is 1.61. The second kappa shape index (κ2) is 8.94. The van der Waals surface area contributed by atoms with Gasteiger partial charge in [0.25, 0.3) is 0 Å². The Morgan fingerprint density at radius 2 is 1.73 bits per heavy atom. The van der Waals surface area contributed by atoms with Crippen molar-refractivity contribution in [2.24, 2.45) is 10.7 Å². The summed E-state index contributed by atoms with van der Waals surface area (Å²) in [5.41, 5.74) is 6.44. The molecule has 0 atom stereocenters. The maximum absolute atomic E-state index is 6.24. The predicted molar refractivity (Wildman–Crippen MR) is 104 cm³/mol. The molecule has 22 heavy (non-hydrogen) atoms. The van der Waals surface area contributed by atoms with Crippen LogP contribution in [0.1, 0.15) is 25.7 Å². The van der Waals surface area contributed by atoms with Crippen molar-refractivity contribution >= 4 is 41.7 Å². The van der Waals surface area contributed by atoms with E-state index in [0.29, 0.717) is 0 Å². The molecule has 0 radical (unpaired) electrons. The Morgan fingerprint density at radius 3 is 2.36 bits per heavy atom. The monoisotopic (exact) mass is 440 g/mol. The standard InChI is InChI=1S/C15H28N4OS.HI/c16-14(18-7-11-21-12-8-18)17-13-15(3-9-20-10-4-15)19-5-1-2-6-19;/h1-13H2,(H2,16,17);1H. The van der Waals surface area contributed by atoms with Gasteiger partial charge in [-0.2, -0.15) is 11.8 Å². The first-order chi connectivity index (χ1) is 10.3. The number of thioether (sulfide) groups is 1. The van der Waals surface area contributed by atoms with E-state index in [1.165, 1.54) is 37.4 Å². The fourth-order valence-corrected chi connectivity index (χ4v) is 4.54. The quantitative estimate of drug-likeness (QED) is 0.411. The third-order valence-corrected chi connectivity index (χ3v) is 6.01. The average Bonchev–Trinajstić information content (AvgIpc) is 3.09. The molecule has 3 aliphatic rings. The lowest BCUT2D eigenvalue weighted by Crippen LogP contribution is -2.54. The topological polar surface area (TPSA) is 54.1 Å². The van der Waals surface area contributed by atoms with Crippen LogP contribution in [0.2, 0.25) is 0 Å². The van der Waals surface area contributed by atoms with E-state index in [9.17, 15) is 0 Å². The van der Waals surface area contributed by atoms with Gasteiger partial charge in [-0.25, -0.2) is 0 Å². The van der Waals surface area contributed by atoms with Gasteiger partial charge in [0, 0.05) is 43.3 Å². The molecule has 7 heteroatoms. The molecule has 3 rings (SSSR count). The first kappa shape index (κ1) is 18.6. The second-order valence-corrected chi connectivity index (χ2v) is 7.53. The van der Waals surface area contributed by atoms with E-state index in [1.54, 1.807) is 0 Å². The van der Waals surface area contributed by atoms with Crippen LogP contribution in [0.25, 0.3) is 0 Å². The molecule has 3 heterocycles. The summed E-state index contributed by atoms with van der Waals surface area (Å²) in [6.45, 7) is 7.09. The summed E-state index contributed by atoms with van der Waals surface area (Å²) < 4.78 is 5.59. The Morgan fingerprint density at radius 1 is 1.09 bits per heavy atom. The molecule has 0 aromatic rings. The lowest BCUT2D eigenvalue weighted by atomic mass is 9.88. The van der Waals surface area contributed by atoms with Gasteiger partial charge < -0.3 is 15.4 Å². The van der Waals surface area contributed by atoms with Crippen LogP contribution in [0.15, 0.2) is 4.99 Å². The molecule has 0 bridgehead atoms. The van der Waals surface area contributed by atoms with Gasteiger partial charge in [-0.1, -0.05) is 0 Å². The van der Waals surface area contributed by atoms with Gasteiger partial charge in [-0.15, -0.1) is 24.0 Å². The van der Waals surface area contributed by atoms with Crippen molar-refractivity contribution in [2.45, 2.75) is 31.2 Å². The van der Waals surface area contributed by atoms with Gasteiger partial charge in [0.2, 0.25) is 0 Å². The van der Waals surface area contributed by atoms with Crippen molar-refractivity contribution in [3.63, 3.8) is 0 Å². The molecule has 3 aliphatic heterocycles. The van der Waals surface area contributed by atoms with Crippen molar-refractivity contribution in [2.75, 3.05) is 57.4 Å². The third-order valence-electron chi connectivity index (χ3n) is 5.07. The molecule has 0 spiro atoms. The Bertz CT molecular complexity index is 365. The van der Waals surface area contributed by atoms with Crippen LogP contribution in [0.5, 0.6) is 0 Å². The molecule has 3 fully saturated rings. The lowest BCUT2D eigenvalue weighted by molar-refractivity contribution is -0.0139. The maximum atomic E-state index is 6.24. The molecule has 0 saturated carbocycles. The Hall–Kier alpha value is 0.270. The normalized spacial score (nSPS) is 26.7. The van der Waals surface area contributed by atoms with Crippen molar-refractivity contribution in [3.8, 4) is 0 Å². The number of nitrogens with two attached hydrogens (primary N) is 1. The molecule has 0 unspecified atom stereocenters. The maximum Gasteiger partial charge on any atom is 0.191 e. The minimum Gasteiger partial charge on any atom is -0.381 e. The Balaban J connectivity index is 0.00000176. The number of likely N-dealkylation sites (tertiary alicyclic amines) is 1. The van der Waals surface area contributed by atoms with E-state index in [1.807, 2.05) is 11.8 Å². The molecule has 0 aromatic heterocycles. The van der Waals surface area contributed by atoms with E-state index in [2.05, 4.69) is 9.80 Å². The van der Waals surface area contributed by atoms with Crippen LogP contribution in [-0.2, 0) is 4.74 Å². The zero-order valence-corrected chi connectivity index (χ0v) is 16.5. The Labute approximate surface area is 155 Å². The minimum absolute atomic E-state index is 0. The van der Waals surface area contributed by atoms with Crippen LogP contribution in [0, 0.1) is 0 Å². The SMILES string of the molecule is I.NC(=NCC1(N2CCCC2)CCOCC1)N1CCSCC1. The van der Waals surface area contributed by atoms with Crippen molar-refractivity contribution < 1.29 is 4.74 Å². The van der Waals surface area contributed by atoms with Crippen LogP contribution < -0.4 is 5.73 Å². The van der Waals surface area contributed by atoms with Crippen LogP contribution >= 0.6 is 35.7 Å². The summed E-state index contributed by atoms with van der Waals surface area (Å²) in [5, 5.41) is 0. The van der Waals surface area contributed by atoms with Gasteiger partial charge in [0.1, 0.15) is 0 Å². The highest BCUT2D eigenvalue weighted by Crippen LogP contribution is 2.31. The minimum atomic E-state index is 0. The average molecular weight is 440 g/mol. The number of rotatable bonds is 3. The summed E-state index contributed by atoms with van der Waals surface area (Å²) in [7, 11) is 0. The fraction of sp³-hybridized carbons (Fsp3) is 0.933. The van der Waals surface area contributed by atoms with E-state index >= 15 is 0 Å².